The number of primary amides is 1. The van der Waals surface area contributed by atoms with Gasteiger partial charge in [0, 0.05) is 22.3 Å². The summed E-state index contributed by atoms with van der Waals surface area (Å²) in [6.07, 6.45) is 0. The molecule has 0 radical (unpaired) electrons. The molecule has 0 heterocycles. The SMILES string of the molecule is COc1ccc(C#CC(N)=O)c2ccccc12. The molecule has 0 spiro atoms. The zero-order valence-electron chi connectivity index (χ0n) is 9.36. The van der Waals surface area contributed by atoms with Gasteiger partial charge >= 0.3 is 0 Å². The molecule has 17 heavy (non-hydrogen) atoms. The summed E-state index contributed by atoms with van der Waals surface area (Å²) in [6, 6.07) is 11.4. The summed E-state index contributed by atoms with van der Waals surface area (Å²) in [4.78, 5) is 10.7. The molecule has 0 aliphatic heterocycles. The number of ether oxygens (including phenoxy) is 1. The van der Waals surface area contributed by atoms with Crippen molar-refractivity contribution in [3.8, 4) is 17.6 Å². The third kappa shape index (κ3) is 2.21. The van der Waals surface area contributed by atoms with E-state index in [4.69, 9.17) is 10.5 Å². The fraction of sp³-hybridized carbons (Fsp3) is 0.0714. The Bertz CT molecular complexity index is 635. The van der Waals surface area contributed by atoms with Crippen molar-refractivity contribution in [3.05, 3.63) is 42.0 Å². The third-order valence-corrected chi connectivity index (χ3v) is 2.42. The van der Waals surface area contributed by atoms with Crippen LogP contribution in [0.2, 0.25) is 0 Å². The third-order valence-electron chi connectivity index (χ3n) is 2.42. The van der Waals surface area contributed by atoms with E-state index in [2.05, 4.69) is 11.8 Å². The molecule has 2 aromatic carbocycles. The van der Waals surface area contributed by atoms with E-state index < -0.39 is 5.91 Å². The first-order chi connectivity index (χ1) is 8.22. The maximum atomic E-state index is 10.7. The van der Waals surface area contributed by atoms with Crippen LogP contribution in [-0.2, 0) is 4.79 Å². The molecule has 0 saturated carbocycles. The van der Waals surface area contributed by atoms with Gasteiger partial charge in [0.15, 0.2) is 0 Å². The fourth-order valence-electron chi connectivity index (χ4n) is 1.69. The minimum atomic E-state index is -0.634. The summed E-state index contributed by atoms with van der Waals surface area (Å²) in [5, 5.41) is 1.91. The van der Waals surface area contributed by atoms with E-state index in [1.165, 1.54) is 0 Å². The predicted molar refractivity (Wildman–Crippen MR) is 66.6 cm³/mol. The van der Waals surface area contributed by atoms with E-state index in [-0.39, 0.29) is 0 Å². The van der Waals surface area contributed by atoms with Crippen molar-refractivity contribution in [1.82, 2.24) is 0 Å². The van der Waals surface area contributed by atoms with Gasteiger partial charge < -0.3 is 10.5 Å². The number of carbonyl (C=O) groups excluding carboxylic acids is 1. The van der Waals surface area contributed by atoms with Crippen molar-refractivity contribution in [2.24, 2.45) is 5.73 Å². The van der Waals surface area contributed by atoms with Crippen LogP contribution in [-0.4, -0.2) is 13.0 Å². The minimum absolute atomic E-state index is 0.634. The van der Waals surface area contributed by atoms with Crippen molar-refractivity contribution in [2.45, 2.75) is 0 Å². The lowest BCUT2D eigenvalue weighted by Gasteiger charge is -2.06. The zero-order valence-corrected chi connectivity index (χ0v) is 9.36. The monoisotopic (exact) mass is 225 g/mol. The molecule has 2 aromatic rings. The van der Waals surface area contributed by atoms with Crippen molar-refractivity contribution in [2.75, 3.05) is 7.11 Å². The van der Waals surface area contributed by atoms with Crippen LogP contribution in [0.25, 0.3) is 10.8 Å². The normalized spacial score (nSPS) is 9.47. The zero-order chi connectivity index (χ0) is 12.3. The summed E-state index contributed by atoms with van der Waals surface area (Å²) in [6.45, 7) is 0. The number of amides is 1. The molecule has 0 aliphatic carbocycles. The second-order valence-electron chi connectivity index (χ2n) is 3.48. The number of fused-ring (bicyclic) bond motifs is 1. The Morgan fingerprint density at radius 3 is 2.53 bits per heavy atom. The van der Waals surface area contributed by atoms with Crippen LogP contribution in [0.1, 0.15) is 5.56 Å². The van der Waals surface area contributed by atoms with Crippen molar-refractivity contribution in [1.29, 1.82) is 0 Å². The second kappa shape index (κ2) is 4.58. The average Bonchev–Trinajstić information content (AvgIpc) is 2.35. The Hall–Kier alpha value is -2.47. The molecular formula is C14H11NO2. The van der Waals surface area contributed by atoms with Crippen LogP contribution in [0.4, 0.5) is 0 Å². The topological polar surface area (TPSA) is 52.3 Å². The van der Waals surface area contributed by atoms with E-state index in [9.17, 15) is 4.79 Å². The highest BCUT2D eigenvalue weighted by atomic mass is 16.5. The van der Waals surface area contributed by atoms with Gasteiger partial charge in [0.05, 0.1) is 7.11 Å². The van der Waals surface area contributed by atoms with Crippen molar-refractivity contribution < 1.29 is 9.53 Å². The Balaban J connectivity index is 2.68. The van der Waals surface area contributed by atoms with Crippen LogP contribution < -0.4 is 10.5 Å². The van der Waals surface area contributed by atoms with Gasteiger partial charge in [-0.15, -0.1) is 0 Å². The Labute approximate surface area is 99.2 Å². The molecule has 0 aromatic heterocycles. The number of rotatable bonds is 1. The van der Waals surface area contributed by atoms with Gasteiger partial charge in [-0.1, -0.05) is 30.2 Å². The summed E-state index contributed by atoms with van der Waals surface area (Å²) < 4.78 is 5.27. The number of hydrogen-bond donors (Lipinski definition) is 1. The molecule has 0 atom stereocenters. The fourth-order valence-corrected chi connectivity index (χ4v) is 1.69. The van der Waals surface area contributed by atoms with Crippen LogP contribution in [0.3, 0.4) is 0 Å². The first-order valence-corrected chi connectivity index (χ1v) is 5.09. The maximum absolute atomic E-state index is 10.7. The van der Waals surface area contributed by atoms with Crippen LogP contribution >= 0.6 is 0 Å². The highest BCUT2D eigenvalue weighted by Crippen LogP contribution is 2.27. The Morgan fingerprint density at radius 2 is 1.88 bits per heavy atom. The van der Waals surface area contributed by atoms with E-state index in [1.54, 1.807) is 7.11 Å². The second-order valence-corrected chi connectivity index (χ2v) is 3.48. The largest absolute Gasteiger partial charge is 0.496 e. The standard InChI is InChI=1S/C14H11NO2/c1-17-13-8-6-10(7-9-14(15)16)11-4-2-3-5-12(11)13/h2-6,8H,1H3,(H2,15,16). The maximum Gasteiger partial charge on any atom is 0.293 e. The predicted octanol–water partition coefficient (Wildman–Crippen LogP) is 1.69. The summed E-state index contributed by atoms with van der Waals surface area (Å²) in [5.74, 6) is 5.25. The van der Waals surface area contributed by atoms with Crippen LogP contribution in [0, 0.1) is 11.8 Å². The van der Waals surface area contributed by atoms with Gasteiger partial charge in [-0.3, -0.25) is 4.79 Å². The van der Waals surface area contributed by atoms with E-state index in [1.807, 2.05) is 36.4 Å². The molecular weight excluding hydrogens is 214 g/mol. The highest BCUT2D eigenvalue weighted by Gasteiger charge is 2.03. The molecule has 0 bridgehead atoms. The lowest BCUT2D eigenvalue weighted by atomic mass is 10.0. The van der Waals surface area contributed by atoms with Gasteiger partial charge in [-0.2, -0.15) is 0 Å². The first-order valence-electron chi connectivity index (χ1n) is 5.09. The molecule has 2 N–H and O–H groups in total. The van der Waals surface area contributed by atoms with Gasteiger partial charge in [-0.25, -0.2) is 0 Å². The number of benzene rings is 2. The van der Waals surface area contributed by atoms with Crippen LogP contribution in [0.5, 0.6) is 5.75 Å². The smallest absolute Gasteiger partial charge is 0.293 e. The highest BCUT2D eigenvalue weighted by molar-refractivity contribution is 5.96. The molecule has 0 fully saturated rings. The number of hydrogen-bond acceptors (Lipinski definition) is 2. The van der Waals surface area contributed by atoms with Crippen molar-refractivity contribution in [3.63, 3.8) is 0 Å². The number of nitrogens with two attached hydrogens (primary N) is 1. The van der Waals surface area contributed by atoms with Gasteiger partial charge in [0.2, 0.25) is 0 Å². The molecule has 0 unspecified atom stereocenters. The number of methoxy groups -OCH3 is 1. The van der Waals surface area contributed by atoms with Gasteiger partial charge in [0.25, 0.3) is 5.91 Å². The molecule has 0 aliphatic rings. The minimum Gasteiger partial charge on any atom is -0.496 e. The quantitative estimate of drug-likeness (QED) is 0.751. The lowest BCUT2D eigenvalue weighted by molar-refractivity contribution is -0.112. The lowest BCUT2D eigenvalue weighted by Crippen LogP contribution is -2.06. The summed E-state index contributed by atoms with van der Waals surface area (Å²) in [7, 11) is 1.62. The van der Waals surface area contributed by atoms with E-state index in [0.29, 0.717) is 0 Å². The van der Waals surface area contributed by atoms with Gasteiger partial charge in [-0.05, 0) is 12.1 Å². The molecule has 1 amide bonds. The number of carbonyl (C=O) groups is 1. The first kappa shape index (κ1) is 11.0. The van der Waals surface area contributed by atoms with E-state index in [0.717, 1.165) is 22.1 Å². The molecule has 3 nitrogen and oxygen atoms in total. The Kier molecular flexibility index (Phi) is 2.97. The molecule has 84 valence electrons. The summed E-state index contributed by atoms with van der Waals surface area (Å²) >= 11 is 0. The average molecular weight is 225 g/mol. The van der Waals surface area contributed by atoms with E-state index >= 15 is 0 Å². The van der Waals surface area contributed by atoms with Crippen molar-refractivity contribution >= 4 is 16.7 Å². The molecule has 2 rings (SSSR count). The van der Waals surface area contributed by atoms with Gasteiger partial charge in [0.1, 0.15) is 5.75 Å². The van der Waals surface area contributed by atoms with Crippen LogP contribution in [0.15, 0.2) is 36.4 Å². The molecule has 0 saturated heterocycles. The molecule has 3 heteroatoms. The Morgan fingerprint density at radius 1 is 1.18 bits per heavy atom. The summed E-state index contributed by atoms with van der Waals surface area (Å²) in [5.41, 5.74) is 5.77.